The van der Waals surface area contributed by atoms with Crippen molar-refractivity contribution in [1.29, 1.82) is 0 Å². The monoisotopic (exact) mass is 432 g/mol. The second-order valence-electron chi connectivity index (χ2n) is 5.79. The molecule has 0 aliphatic heterocycles. The third-order valence-corrected chi connectivity index (χ3v) is 2.69. The zero-order valence-corrected chi connectivity index (χ0v) is 19.6. The third-order valence-electron chi connectivity index (χ3n) is 2.69. The topological polar surface area (TPSA) is 0 Å². The third kappa shape index (κ3) is 15.5. The largest absolute Gasteiger partial charge is 1.00 e. The fourth-order valence-corrected chi connectivity index (χ4v) is 1.64. The molecule has 0 amide bonds. The van der Waals surface area contributed by atoms with E-state index >= 15 is 0 Å². The van der Waals surface area contributed by atoms with Gasteiger partial charge in [-0.25, -0.2) is 23.3 Å². The van der Waals surface area contributed by atoms with E-state index in [1.54, 1.807) is 23.3 Å². The summed E-state index contributed by atoms with van der Waals surface area (Å²) in [5.41, 5.74) is 2.94. The summed E-state index contributed by atoms with van der Waals surface area (Å²) in [5.74, 6) is 1.32. The van der Waals surface area contributed by atoms with Gasteiger partial charge in [-0.15, -0.1) is 12.8 Å². The summed E-state index contributed by atoms with van der Waals surface area (Å²) in [7, 11) is 0. The van der Waals surface area contributed by atoms with Crippen LogP contribution in [0.15, 0.2) is 35.5 Å². The quantitative estimate of drug-likeness (QED) is 0.405. The molecule has 0 atom stereocenters. The smallest absolute Gasteiger partial charge is 1.00 e. The number of halogens is 2. The molecule has 0 saturated carbocycles. The molecule has 0 aromatic rings. The van der Waals surface area contributed by atoms with Gasteiger partial charge in [-0.2, -0.15) is 12.2 Å². The van der Waals surface area contributed by atoms with E-state index in [0.717, 1.165) is 12.8 Å². The molecule has 0 bridgehead atoms. The van der Waals surface area contributed by atoms with Gasteiger partial charge in [0.2, 0.25) is 0 Å². The standard InChI is InChI=1S/2C8H11.C2H6Si.2ClH.Zr/c2*1-7(2)8-5-3-4-6-8;1-3-2;;;/h2*3,5,7H,4H2,1-2H3;1-2H3;2*1H;/q2*-1;;;;+2/p-2. The van der Waals surface area contributed by atoms with Crippen LogP contribution in [0.4, 0.5) is 0 Å². The van der Waals surface area contributed by atoms with Crippen molar-refractivity contribution in [3.63, 3.8) is 0 Å². The van der Waals surface area contributed by atoms with Gasteiger partial charge in [0, 0.05) is 0 Å². The predicted molar refractivity (Wildman–Crippen MR) is 88.2 cm³/mol. The summed E-state index contributed by atoms with van der Waals surface area (Å²) in [5, 5.41) is 0. The van der Waals surface area contributed by atoms with Crippen LogP contribution in [-0.2, 0) is 23.3 Å². The zero-order valence-electron chi connectivity index (χ0n) is 14.6. The van der Waals surface area contributed by atoms with E-state index in [1.807, 2.05) is 0 Å². The Hall–Kier alpha value is 0.640. The van der Waals surface area contributed by atoms with Crippen molar-refractivity contribution in [3.8, 4) is 0 Å². The van der Waals surface area contributed by atoms with Gasteiger partial charge < -0.3 is 24.8 Å². The van der Waals surface area contributed by atoms with E-state index in [-0.39, 0.29) is 30.2 Å². The van der Waals surface area contributed by atoms with Gasteiger partial charge in [0.05, 0.1) is 0 Å². The first-order chi connectivity index (χ1) is 9.34. The van der Waals surface area contributed by atoms with E-state index in [0.29, 0.717) is 11.8 Å². The Balaban J connectivity index is -0.000000249. The summed E-state index contributed by atoms with van der Waals surface area (Å²) < 4.78 is 0. The van der Waals surface area contributed by atoms with Crippen LogP contribution in [0.25, 0.3) is 0 Å². The van der Waals surface area contributed by atoms with Crippen LogP contribution in [0.5, 0.6) is 0 Å². The minimum Gasteiger partial charge on any atom is -1.00 e. The van der Waals surface area contributed by atoms with E-state index in [9.17, 15) is 0 Å². The molecular formula is C18H28Cl2SiZr-2. The minimum absolute atomic E-state index is 0. The van der Waals surface area contributed by atoms with Gasteiger partial charge in [0.15, 0.2) is 0 Å². The van der Waals surface area contributed by atoms with Crippen molar-refractivity contribution in [3.05, 3.63) is 47.6 Å². The Morgan fingerprint density at radius 1 is 0.864 bits per heavy atom. The van der Waals surface area contributed by atoms with E-state index in [4.69, 9.17) is 0 Å². The Labute approximate surface area is 165 Å². The first-order valence-corrected chi connectivity index (χ1v) is 13.6. The van der Waals surface area contributed by atoms with E-state index < -0.39 is 0 Å². The summed E-state index contributed by atoms with van der Waals surface area (Å²) >= 11 is 1.74. The molecule has 124 valence electrons. The Morgan fingerprint density at radius 3 is 1.23 bits per heavy atom. The number of allylic oxidation sites excluding steroid dienone is 8. The summed E-state index contributed by atoms with van der Waals surface area (Å²) in [6.07, 6.45) is 17.2. The van der Waals surface area contributed by atoms with Crippen molar-refractivity contribution in [2.75, 3.05) is 0 Å². The summed E-state index contributed by atoms with van der Waals surface area (Å²) in [6, 6.07) is 0. The minimum atomic E-state index is 0. The molecule has 0 N–H and O–H groups in total. The maximum Gasteiger partial charge on any atom is -1.00 e. The van der Waals surface area contributed by atoms with Crippen LogP contribution in [0.3, 0.4) is 0 Å². The van der Waals surface area contributed by atoms with Gasteiger partial charge in [0.25, 0.3) is 0 Å². The maximum atomic E-state index is 3.26. The second kappa shape index (κ2) is 16.5. The fraction of sp³-hybridized carbons (Fsp3) is 0.556. The number of rotatable bonds is 2. The Bertz CT molecular complexity index is 381. The van der Waals surface area contributed by atoms with E-state index in [2.05, 4.69) is 77.2 Å². The molecule has 0 radical (unpaired) electrons. The predicted octanol–water partition coefficient (Wildman–Crippen LogP) is -0.544. The van der Waals surface area contributed by atoms with Gasteiger partial charge in [-0.05, 0) is 0 Å². The molecule has 2 aliphatic carbocycles. The molecular weight excluding hydrogens is 406 g/mol. The molecule has 0 spiro atoms. The van der Waals surface area contributed by atoms with Crippen LogP contribution < -0.4 is 24.8 Å². The van der Waals surface area contributed by atoms with Gasteiger partial charge in [-0.3, -0.25) is 12.2 Å². The first-order valence-electron chi connectivity index (χ1n) is 7.40. The fourth-order valence-electron chi connectivity index (χ4n) is 1.64. The Kier molecular flexibility index (Phi) is 20.6. The van der Waals surface area contributed by atoms with Crippen LogP contribution in [0, 0.1) is 24.0 Å². The van der Waals surface area contributed by atoms with Crippen LogP contribution in [0.1, 0.15) is 40.5 Å². The SMILES string of the molecule is CC(C)C1=[C-]CC=C1.CC(C)C1=[C-]CC=C1.C[Si](C)=[Zr+2].[Cl-].[Cl-]. The van der Waals surface area contributed by atoms with Crippen molar-refractivity contribution >= 4 is 5.43 Å². The molecule has 0 aromatic carbocycles. The van der Waals surface area contributed by atoms with Crippen molar-refractivity contribution in [2.45, 2.75) is 53.6 Å². The molecule has 2 aliphatic rings. The van der Waals surface area contributed by atoms with Crippen molar-refractivity contribution in [2.24, 2.45) is 11.8 Å². The maximum absolute atomic E-state index is 3.26. The van der Waals surface area contributed by atoms with Gasteiger partial charge >= 0.3 is 41.9 Å². The van der Waals surface area contributed by atoms with Gasteiger partial charge in [-0.1, -0.05) is 39.5 Å². The molecule has 2 rings (SSSR count). The average molecular weight is 435 g/mol. The number of hydrogen-bond acceptors (Lipinski definition) is 0. The van der Waals surface area contributed by atoms with Crippen LogP contribution in [-0.4, -0.2) is 5.43 Å². The summed E-state index contributed by atoms with van der Waals surface area (Å²) in [6.45, 7) is 13.4. The zero-order chi connectivity index (χ0) is 15.5. The van der Waals surface area contributed by atoms with Crippen LogP contribution >= 0.6 is 0 Å². The number of hydrogen-bond donors (Lipinski definition) is 0. The summed E-state index contributed by atoms with van der Waals surface area (Å²) in [4.78, 5) is 0. The molecule has 0 saturated heterocycles. The van der Waals surface area contributed by atoms with E-state index in [1.165, 1.54) is 11.1 Å². The van der Waals surface area contributed by atoms with Crippen molar-refractivity contribution < 1.29 is 48.1 Å². The first kappa shape index (κ1) is 27.5. The molecule has 22 heavy (non-hydrogen) atoms. The van der Waals surface area contributed by atoms with Crippen LogP contribution in [0.2, 0.25) is 13.1 Å². The molecule has 0 fully saturated rings. The van der Waals surface area contributed by atoms with Gasteiger partial charge in [0.1, 0.15) is 0 Å². The van der Waals surface area contributed by atoms with Crippen molar-refractivity contribution in [1.82, 2.24) is 0 Å². The second-order valence-corrected chi connectivity index (χ2v) is 15.2. The Morgan fingerprint density at radius 2 is 1.14 bits per heavy atom. The molecule has 0 unspecified atom stereocenters. The normalized spacial score (nSPS) is 14.1. The molecule has 0 heterocycles. The molecule has 0 nitrogen and oxygen atoms in total. The average Bonchev–Trinajstić information content (AvgIpc) is 3.03. The molecule has 0 aromatic heterocycles. The molecule has 4 heteroatoms.